The molecular weight excluding hydrogens is 132 g/mol. The van der Waals surface area contributed by atoms with E-state index >= 15 is 0 Å². The molecule has 1 heterocycles. The highest BCUT2D eigenvalue weighted by Gasteiger charge is 2.09. The first kappa shape index (κ1) is 9.10. The maximum absolute atomic E-state index is 5.41. The molecule has 0 bridgehead atoms. The third-order valence-electron chi connectivity index (χ3n) is 1.44. The molecular formula is C5H16N2OSi. The first-order valence-corrected chi connectivity index (χ1v) is 2.98. The van der Waals surface area contributed by atoms with Crippen molar-refractivity contribution < 1.29 is 4.84 Å². The Bertz CT molecular complexity index is 66.0. The zero-order valence-corrected chi connectivity index (χ0v) is 4.89. The number of rotatable bonds is 1. The van der Waals surface area contributed by atoms with Crippen LogP contribution in [0.4, 0.5) is 0 Å². The molecule has 1 atom stereocenters. The average Bonchev–Trinajstić information content (AvgIpc) is 1.90. The smallest absolute Gasteiger partial charge is 0.0685 e. The monoisotopic (exact) mass is 148 g/mol. The van der Waals surface area contributed by atoms with E-state index in [1.807, 2.05) is 0 Å². The van der Waals surface area contributed by atoms with Gasteiger partial charge in [-0.15, -0.1) is 0 Å². The third-order valence-corrected chi connectivity index (χ3v) is 1.44. The van der Waals surface area contributed by atoms with Gasteiger partial charge in [0.05, 0.1) is 6.61 Å². The second kappa shape index (κ2) is 4.93. The van der Waals surface area contributed by atoms with E-state index in [1.165, 1.54) is 0 Å². The van der Waals surface area contributed by atoms with Crippen molar-refractivity contribution >= 4 is 11.0 Å². The Morgan fingerprint density at radius 2 is 2.44 bits per heavy atom. The molecule has 1 aliphatic rings. The molecule has 3 N–H and O–H groups in total. The molecule has 0 amide bonds. The Morgan fingerprint density at radius 1 is 1.67 bits per heavy atom. The van der Waals surface area contributed by atoms with E-state index in [2.05, 4.69) is 5.48 Å². The maximum Gasteiger partial charge on any atom is 0.0685 e. The zero-order valence-electron chi connectivity index (χ0n) is 4.89. The summed E-state index contributed by atoms with van der Waals surface area (Å²) < 4.78 is 0. The van der Waals surface area contributed by atoms with Gasteiger partial charge in [-0.25, -0.2) is 5.48 Å². The van der Waals surface area contributed by atoms with Crippen LogP contribution >= 0.6 is 0 Å². The fourth-order valence-electron chi connectivity index (χ4n) is 0.778. The molecule has 9 heavy (non-hydrogen) atoms. The minimum atomic E-state index is 0. The highest BCUT2D eigenvalue weighted by Crippen LogP contribution is 2.02. The van der Waals surface area contributed by atoms with Gasteiger partial charge in [-0.2, -0.15) is 0 Å². The van der Waals surface area contributed by atoms with Crippen molar-refractivity contribution in [2.24, 2.45) is 11.7 Å². The number of nitrogens with two attached hydrogens (primary N) is 1. The summed E-state index contributed by atoms with van der Waals surface area (Å²) in [6.07, 6.45) is 1.10. The first-order chi connectivity index (χ1) is 3.93. The average molecular weight is 148 g/mol. The molecule has 1 rings (SSSR count). The van der Waals surface area contributed by atoms with Crippen LogP contribution in [0.2, 0.25) is 0 Å². The van der Waals surface area contributed by atoms with Gasteiger partial charge in [-0.05, 0) is 29.8 Å². The van der Waals surface area contributed by atoms with E-state index in [4.69, 9.17) is 10.6 Å². The standard InChI is InChI=1S/C5H12N2O.H4Si/c6-3-5-1-2-8-7-4-5;/h5,7H,1-4,6H2;1H4. The predicted molar refractivity (Wildman–Crippen MR) is 42.5 cm³/mol. The number of hydroxylamine groups is 1. The molecule has 0 spiro atoms. The van der Waals surface area contributed by atoms with E-state index in [1.54, 1.807) is 0 Å². The summed E-state index contributed by atoms with van der Waals surface area (Å²) in [5.74, 6) is 0.628. The molecule has 3 nitrogen and oxygen atoms in total. The molecule has 56 valence electrons. The van der Waals surface area contributed by atoms with Crippen LogP contribution in [0.25, 0.3) is 0 Å². The van der Waals surface area contributed by atoms with Crippen molar-refractivity contribution in [1.29, 1.82) is 0 Å². The molecule has 0 radical (unpaired) electrons. The first-order valence-electron chi connectivity index (χ1n) is 2.98. The Hall–Kier alpha value is 0.0969. The van der Waals surface area contributed by atoms with Crippen molar-refractivity contribution in [3.8, 4) is 0 Å². The summed E-state index contributed by atoms with van der Waals surface area (Å²) in [7, 11) is 0. The largest absolute Gasteiger partial charge is 0.330 e. The van der Waals surface area contributed by atoms with E-state index in [-0.39, 0.29) is 11.0 Å². The van der Waals surface area contributed by atoms with Crippen LogP contribution in [0.1, 0.15) is 6.42 Å². The quantitative estimate of drug-likeness (QED) is 0.424. The van der Waals surface area contributed by atoms with E-state index in [0.29, 0.717) is 5.92 Å². The summed E-state index contributed by atoms with van der Waals surface area (Å²) in [6.45, 7) is 2.49. The number of nitrogens with one attached hydrogen (secondary N) is 1. The topological polar surface area (TPSA) is 47.3 Å². The van der Waals surface area contributed by atoms with Gasteiger partial charge in [-0.3, -0.25) is 0 Å². The lowest BCUT2D eigenvalue weighted by atomic mass is 10.1. The molecule has 1 unspecified atom stereocenters. The molecule has 0 aromatic carbocycles. The second-order valence-corrected chi connectivity index (χ2v) is 2.09. The highest BCUT2D eigenvalue weighted by atomic mass is 28.1. The van der Waals surface area contributed by atoms with Gasteiger partial charge < -0.3 is 10.6 Å². The van der Waals surface area contributed by atoms with Gasteiger partial charge >= 0.3 is 0 Å². The van der Waals surface area contributed by atoms with Gasteiger partial charge in [0.2, 0.25) is 0 Å². The summed E-state index contributed by atoms with van der Waals surface area (Å²) in [4.78, 5) is 4.90. The Labute approximate surface area is 59.9 Å². The third kappa shape index (κ3) is 2.95. The van der Waals surface area contributed by atoms with Gasteiger partial charge in [0.15, 0.2) is 0 Å². The normalized spacial score (nSPS) is 27.0. The van der Waals surface area contributed by atoms with E-state index < -0.39 is 0 Å². The van der Waals surface area contributed by atoms with Crippen LogP contribution in [0.5, 0.6) is 0 Å². The summed E-state index contributed by atoms with van der Waals surface area (Å²) in [5.41, 5.74) is 8.21. The maximum atomic E-state index is 5.41. The fraction of sp³-hybridized carbons (Fsp3) is 1.00. The minimum absolute atomic E-state index is 0. The molecule has 0 aromatic heterocycles. The fourth-order valence-corrected chi connectivity index (χ4v) is 0.778. The van der Waals surface area contributed by atoms with E-state index in [0.717, 1.165) is 26.1 Å². The van der Waals surface area contributed by atoms with Gasteiger partial charge in [0.1, 0.15) is 0 Å². The minimum Gasteiger partial charge on any atom is -0.330 e. The Balaban J connectivity index is 0.000000640. The van der Waals surface area contributed by atoms with Crippen LogP contribution in [0.15, 0.2) is 0 Å². The number of hydrogen-bond donors (Lipinski definition) is 2. The Morgan fingerprint density at radius 3 is 2.78 bits per heavy atom. The highest BCUT2D eigenvalue weighted by molar-refractivity contribution is 5.75. The summed E-state index contributed by atoms with van der Waals surface area (Å²) in [6, 6.07) is 0. The lowest BCUT2D eigenvalue weighted by Crippen LogP contribution is -2.34. The molecule has 1 fully saturated rings. The van der Waals surface area contributed by atoms with Crippen molar-refractivity contribution in [1.82, 2.24) is 5.48 Å². The summed E-state index contributed by atoms with van der Waals surface area (Å²) in [5, 5.41) is 0. The number of hydrogen-bond acceptors (Lipinski definition) is 3. The van der Waals surface area contributed by atoms with Crippen molar-refractivity contribution in [3.63, 3.8) is 0 Å². The zero-order chi connectivity index (χ0) is 5.82. The molecule has 0 aromatic rings. The molecule has 0 aliphatic carbocycles. The van der Waals surface area contributed by atoms with Crippen LogP contribution in [-0.2, 0) is 4.84 Å². The van der Waals surface area contributed by atoms with Crippen LogP contribution in [0, 0.1) is 5.92 Å². The van der Waals surface area contributed by atoms with Gasteiger partial charge in [0, 0.05) is 6.54 Å². The Kier molecular flexibility index (Phi) is 4.98. The van der Waals surface area contributed by atoms with Crippen LogP contribution in [0.3, 0.4) is 0 Å². The van der Waals surface area contributed by atoms with Crippen molar-refractivity contribution in [2.75, 3.05) is 19.7 Å². The van der Waals surface area contributed by atoms with Crippen molar-refractivity contribution in [2.45, 2.75) is 6.42 Å². The SMILES string of the molecule is NCC1CCONC1.[SiH4]. The predicted octanol–water partition coefficient (Wildman–Crippen LogP) is -1.97. The van der Waals surface area contributed by atoms with Gasteiger partial charge in [0.25, 0.3) is 0 Å². The summed E-state index contributed by atoms with van der Waals surface area (Å²) >= 11 is 0. The van der Waals surface area contributed by atoms with Crippen LogP contribution < -0.4 is 11.2 Å². The lowest BCUT2D eigenvalue weighted by molar-refractivity contribution is -0.00810. The molecule has 0 saturated carbocycles. The van der Waals surface area contributed by atoms with Gasteiger partial charge in [-0.1, -0.05) is 0 Å². The molecule has 4 heteroatoms. The van der Waals surface area contributed by atoms with Crippen LogP contribution in [-0.4, -0.2) is 30.7 Å². The molecule has 1 aliphatic heterocycles. The van der Waals surface area contributed by atoms with E-state index in [9.17, 15) is 0 Å². The second-order valence-electron chi connectivity index (χ2n) is 2.09. The molecule has 1 saturated heterocycles. The van der Waals surface area contributed by atoms with Crippen molar-refractivity contribution in [3.05, 3.63) is 0 Å². The lowest BCUT2D eigenvalue weighted by Gasteiger charge is -2.20.